The van der Waals surface area contributed by atoms with Crippen LogP contribution in [0.25, 0.3) is 33.9 Å². The molecule has 1 aromatic carbocycles. The molecule has 8 nitrogen and oxygen atoms in total. The van der Waals surface area contributed by atoms with Gasteiger partial charge in [-0.15, -0.1) is 0 Å². The molecule has 142 valence electrons. The van der Waals surface area contributed by atoms with Crippen LogP contribution in [0.15, 0.2) is 24.3 Å². The van der Waals surface area contributed by atoms with Gasteiger partial charge in [-0.25, -0.2) is 0 Å². The Bertz CT molecular complexity index is 1190. The number of aryl methyl sites for hydroxylation is 2. The topological polar surface area (TPSA) is 111 Å². The zero-order valence-electron chi connectivity index (χ0n) is 15.4. The predicted octanol–water partition coefficient (Wildman–Crippen LogP) is 4.27. The maximum absolute atomic E-state index is 5.30. The van der Waals surface area contributed by atoms with Gasteiger partial charge in [0.05, 0.1) is 7.11 Å². The standard InChI is InChI=1S/C18H17N7OS2/c1-8-12(15-20-17(27)24-22-15)14(10-4-6-11(26-3)7-5-10)13(9(2)19-8)16-21-18(28)25-23-16/h4-7H,1-3H3,(H2,20,22,24,27)(H2,21,23,25,28). The van der Waals surface area contributed by atoms with Crippen molar-refractivity contribution >= 4 is 24.4 Å². The van der Waals surface area contributed by atoms with E-state index in [1.807, 2.05) is 38.1 Å². The number of hydrogen-bond acceptors (Lipinski definition) is 6. The van der Waals surface area contributed by atoms with Crippen LogP contribution < -0.4 is 4.74 Å². The summed E-state index contributed by atoms with van der Waals surface area (Å²) in [4.78, 5) is 13.5. The smallest absolute Gasteiger partial charge is 0.213 e. The van der Waals surface area contributed by atoms with Crippen molar-refractivity contribution in [1.82, 2.24) is 35.3 Å². The SMILES string of the molecule is COc1ccc(-c2c(-c3nc(=S)[nH][nH]3)c(C)nc(C)c2-c2nc(=S)[nH][nH]2)cc1. The Kier molecular flexibility index (Phi) is 4.65. The molecule has 4 rings (SSSR count). The first kappa shape index (κ1) is 18.3. The quantitative estimate of drug-likeness (QED) is 0.373. The minimum Gasteiger partial charge on any atom is -0.497 e. The van der Waals surface area contributed by atoms with Crippen molar-refractivity contribution in [3.63, 3.8) is 0 Å². The first-order valence-electron chi connectivity index (χ1n) is 8.43. The number of hydrogen-bond donors (Lipinski definition) is 4. The highest BCUT2D eigenvalue weighted by molar-refractivity contribution is 7.71. The van der Waals surface area contributed by atoms with Gasteiger partial charge < -0.3 is 4.74 Å². The number of aromatic nitrogens is 7. The Hall–Kier alpha value is -3.11. The second kappa shape index (κ2) is 7.13. The average molecular weight is 412 g/mol. The molecule has 4 aromatic rings. The fourth-order valence-electron chi connectivity index (χ4n) is 3.25. The van der Waals surface area contributed by atoms with Gasteiger partial charge in [0.15, 0.2) is 11.6 Å². The zero-order chi connectivity index (χ0) is 19.8. The second-order valence-electron chi connectivity index (χ2n) is 6.17. The van der Waals surface area contributed by atoms with Crippen LogP contribution in [0.4, 0.5) is 0 Å². The van der Waals surface area contributed by atoms with Crippen molar-refractivity contribution in [2.75, 3.05) is 7.11 Å². The minimum atomic E-state index is 0.372. The summed E-state index contributed by atoms with van der Waals surface area (Å²) < 4.78 is 6.05. The molecule has 0 radical (unpaired) electrons. The van der Waals surface area contributed by atoms with E-state index >= 15 is 0 Å². The van der Waals surface area contributed by atoms with Crippen molar-refractivity contribution in [2.45, 2.75) is 13.8 Å². The molecule has 4 N–H and O–H groups in total. The lowest BCUT2D eigenvalue weighted by molar-refractivity contribution is 0.415. The number of methoxy groups -OCH3 is 1. The van der Waals surface area contributed by atoms with E-state index in [1.165, 1.54) is 0 Å². The molecule has 0 aliphatic carbocycles. The molecule has 0 aliphatic rings. The maximum atomic E-state index is 5.30. The van der Waals surface area contributed by atoms with Crippen molar-refractivity contribution in [2.24, 2.45) is 0 Å². The third-order valence-electron chi connectivity index (χ3n) is 4.41. The van der Waals surface area contributed by atoms with Crippen LogP contribution in [0.1, 0.15) is 11.4 Å². The Labute approximate surface area is 170 Å². The lowest BCUT2D eigenvalue weighted by Crippen LogP contribution is -2.02. The van der Waals surface area contributed by atoms with Crippen LogP contribution in [0.2, 0.25) is 0 Å². The van der Waals surface area contributed by atoms with Gasteiger partial charge >= 0.3 is 0 Å². The third-order valence-corrected chi connectivity index (χ3v) is 4.80. The Morgan fingerprint density at radius 1 is 0.714 bits per heavy atom. The normalized spacial score (nSPS) is 11.0. The van der Waals surface area contributed by atoms with Gasteiger partial charge in [0, 0.05) is 28.1 Å². The molecule has 0 amide bonds. The van der Waals surface area contributed by atoms with Gasteiger partial charge in [0.25, 0.3) is 0 Å². The molecule has 28 heavy (non-hydrogen) atoms. The van der Waals surface area contributed by atoms with Crippen molar-refractivity contribution in [3.05, 3.63) is 45.2 Å². The molecular formula is C18H17N7OS2. The van der Waals surface area contributed by atoms with Gasteiger partial charge in [-0.1, -0.05) is 12.1 Å². The van der Waals surface area contributed by atoms with Crippen LogP contribution in [0.5, 0.6) is 5.75 Å². The first-order valence-corrected chi connectivity index (χ1v) is 9.25. The van der Waals surface area contributed by atoms with Crippen LogP contribution in [-0.2, 0) is 0 Å². The number of nitrogens with one attached hydrogen (secondary N) is 4. The van der Waals surface area contributed by atoms with E-state index in [2.05, 4.69) is 30.4 Å². The Balaban J connectivity index is 2.11. The Morgan fingerprint density at radius 3 is 1.61 bits per heavy atom. The minimum absolute atomic E-state index is 0.372. The summed E-state index contributed by atoms with van der Waals surface area (Å²) >= 11 is 10.3. The van der Waals surface area contributed by atoms with E-state index in [-0.39, 0.29) is 0 Å². The molecule has 0 saturated carbocycles. The van der Waals surface area contributed by atoms with Crippen molar-refractivity contribution in [3.8, 4) is 39.7 Å². The molecule has 0 unspecified atom stereocenters. The predicted molar refractivity (Wildman–Crippen MR) is 111 cm³/mol. The largest absolute Gasteiger partial charge is 0.497 e. The number of H-pyrrole nitrogens is 4. The van der Waals surface area contributed by atoms with Crippen molar-refractivity contribution in [1.29, 1.82) is 0 Å². The van der Waals surface area contributed by atoms with Crippen LogP contribution in [0, 0.1) is 23.4 Å². The van der Waals surface area contributed by atoms with Crippen LogP contribution in [0.3, 0.4) is 0 Å². The molecular weight excluding hydrogens is 394 g/mol. The highest BCUT2D eigenvalue weighted by Gasteiger charge is 2.23. The van der Waals surface area contributed by atoms with Crippen molar-refractivity contribution < 1.29 is 4.74 Å². The van der Waals surface area contributed by atoms with Crippen LogP contribution >= 0.6 is 24.4 Å². The molecule has 0 saturated heterocycles. The number of ether oxygens (including phenoxy) is 1. The number of nitrogens with zero attached hydrogens (tertiary/aromatic N) is 3. The molecule has 0 fully saturated rings. The number of benzene rings is 1. The van der Waals surface area contributed by atoms with Gasteiger partial charge in [-0.2, -0.15) is 9.97 Å². The number of pyridine rings is 1. The monoisotopic (exact) mass is 411 g/mol. The summed E-state index contributed by atoms with van der Waals surface area (Å²) in [6.45, 7) is 3.88. The first-order chi connectivity index (χ1) is 13.5. The lowest BCUT2D eigenvalue weighted by Gasteiger charge is -2.17. The summed E-state index contributed by atoms with van der Waals surface area (Å²) in [6.07, 6.45) is 0. The molecule has 10 heteroatoms. The molecule has 0 bridgehead atoms. The number of rotatable bonds is 4. The van der Waals surface area contributed by atoms with Gasteiger partial charge in [0.1, 0.15) is 5.75 Å². The van der Waals surface area contributed by atoms with E-state index in [4.69, 9.17) is 34.2 Å². The van der Waals surface area contributed by atoms with Gasteiger partial charge in [-0.05, 0) is 56.0 Å². The summed E-state index contributed by atoms with van der Waals surface area (Å²) in [7, 11) is 1.64. The maximum Gasteiger partial charge on any atom is 0.213 e. The Morgan fingerprint density at radius 2 is 1.21 bits per heavy atom. The zero-order valence-corrected chi connectivity index (χ0v) is 17.0. The molecule has 3 aromatic heterocycles. The average Bonchev–Trinajstić information content (AvgIpc) is 3.29. The van der Waals surface area contributed by atoms with Gasteiger partial charge in [-0.3, -0.25) is 25.4 Å². The van der Waals surface area contributed by atoms with E-state index in [9.17, 15) is 0 Å². The summed E-state index contributed by atoms with van der Waals surface area (Å²) in [5.74, 6) is 1.99. The second-order valence-corrected chi connectivity index (χ2v) is 6.94. The highest BCUT2D eigenvalue weighted by Crippen LogP contribution is 2.41. The van der Waals surface area contributed by atoms with E-state index in [1.54, 1.807) is 7.11 Å². The molecule has 0 atom stereocenters. The van der Waals surface area contributed by atoms with Crippen LogP contribution in [-0.4, -0.2) is 42.5 Å². The molecule has 0 spiro atoms. The van der Waals surface area contributed by atoms with Gasteiger partial charge in [0.2, 0.25) is 9.54 Å². The van der Waals surface area contributed by atoms with E-state index in [0.29, 0.717) is 21.2 Å². The highest BCUT2D eigenvalue weighted by atomic mass is 32.1. The van der Waals surface area contributed by atoms with E-state index < -0.39 is 0 Å². The fourth-order valence-corrected chi connectivity index (χ4v) is 3.54. The molecule has 0 aliphatic heterocycles. The summed E-state index contributed by atoms with van der Waals surface area (Å²) in [6, 6.07) is 7.80. The fraction of sp³-hybridized carbons (Fsp3) is 0.167. The molecule has 3 heterocycles. The summed E-state index contributed by atoms with van der Waals surface area (Å²) in [5.41, 5.74) is 5.19. The third kappa shape index (κ3) is 3.16. The lowest BCUT2D eigenvalue weighted by atomic mass is 9.91. The van der Waals surface area contributed by atoms with E-state index in [0.717, 1.165) is 39.4 Å². The summed E-state index contributed by atoms with van der Waals surface area (Å²) in [5, 5.41) is 11.8. The number of aromatic amines is 4.